The molecule has 0 heterocycles. The molecule has 0 aliphatic heterocycles. The van der Waals surface area contributed by atoms with Crippen LogP contribution in [-0.4, -0.2) is 17.5 Å². The summed E-state index contributed by atoms with van der Waals surface area (Å²) in [4.78, 5) is 0. The standard InChI is InChI=1S/C26H18N2O/c29-26-15-19-8-2-1-7-18(19)13-22(26)16-27-28-17-25-23-11-5-3-9-20(23)14-21-10-4-6-12-24(21)25/h1-17,29H/b27-16-,28-17-. The Morgan fingerprint density at radius 2 is 1.07 bits per heavy atom. The summed E-state index contributed by atoms with van der Waals surface area (Å²) in [6.07, 6.45) is 3.38. The molecule has 29 heavy (non-hydrogen) atoms. The average Bonchev–Trinajstić information content (AvgIpc) is 2.76. The Labute approximate surface area is 168 Å². The normalized spacial score (nSPS) is 12.0. The minimum Gasteiger partial charge on any atom is -0.507 e. The van der Waals surface area contributed by atoms with Crippen LogP contribution in [0.4, 0.5) is 0 Å². The lowest BCUT2D eigenvalue weighted by Crippen LogP contribution is -1.88. The maximum absolute atomic E-state index is 10.3. The van der Waals surface area contributed by atoms with Crippen LogP contribution in [0.5, 0.6) is 5.75 Å². The highest BCUT2D eigenvalue weighted by molar-refractivity contribution is 6.13. The van der Waals surface area contributed by atoms with Crippen LogP contribution in [0.1, 0.15) is 11.1 Å². The average molecular weight is 374 g/mol. The van der Waals surface area contributed by atoms with E-state index in [-0.39, 0.29) is 5.75 Å². The maximum Gasteiger partial charge on any atom is 0.125 e. The summed E-state index contributed by atoms with van der Waals surface area (Å²) >= 11 is 0. The lowest BCUT2D eigenvalue weighted by atomic mass is 9.97. The van der Waals surface area contributed by atoms with Crippen LogP contribution >= 0.6 is 0 Å². The third-order valence-corrected chi connectivity index (χ3v) is 5.16. The van der Waals surface area contributed by atoms with Crippen molar-refractivity contribution in [2.24, 2.45) is 10.2 Å². The van der Waals surface area contributed by atoms with Gasteiger partial charge in [0.25, 0.3) is 0 Å². The van der Waals surface area contributed by atoms with Gasteiger partial charge in [0.05, 0.1) is 12.4 Å². The first-order valence-electron chi connectivity index (χ1n) is 9.48. The predicted octanol–water partition coefficient (Wildman–Crippen LogP) is 6.30. The van der Waals surface area contributed by atoms with E-state index < -0.39 is 0 Å². The van der Waals surface area contributed by atoms with E-state index in [1.807, 2.05) is 54.6 Å². The van der Waals surface area contributed by atoms with E-state index in [1.165, 1.54) is 10.8 Å². The van der Waals surface area contributed by atoms with Crippen LogP contribution in [-0.2, 0) is 0 Å². The van der Waals surface area contributed by atoms with Crippen LogP contribution < -0.4 is 0 Å². The second kappa shape index (κ2) is 7.21. The van der Waals surface area contributed by atoms with E-state index in [0.29, 0.717) is 5.56 Å². The minimum absolute atomic E-state index is 0.193. The molecule has 5 aromatic carbocycles. The molecule has 0 saturated carbocycles. The fourth-order valence-electron chi connectivity index (χ4n) is 3.72. The zero-order valence-electron chi connectivity index (χ0n) is 15.7. The van der Waals surface area contributed by atoms with Gasteiger partial charge in [-0.1, -0.05) is 72.8 Å². The molecule has 5 rings (SSSR count). The first-order chi connectivity index (χ1) is 14.3. The van der Waals surface area contributed by atoms with Gasteiger partial charge in [0.2, 0.25) is 0 Å². The van der Waals surface area contributed by atoms with Crippen LogP contribution in [0.3, 0.4) is 0 Å². The lowest BCUT2D eigenvalue weighted by Gasteiger charge is -2.07. The molecule has 5 aromatic rings. The molecule has 0 aromatic heterocycles. The molecule has 0 radical (unpaired) electrons. The second-order valence-corrected chi connectivity index (χ2v) is 6.98. The van der Waals surface area contributed by atoms with E-state index in [4.69, 9.17) is 0 Å². The van der Waals surface area contributed by atoms with Crippen LogP contribution in [0, 0.1) is 0 Å². The monoisotopic (exact) mass is 374 g/mol. The van der Waals surface area contributed by atoms with E-state index in [2.05, 4.69) is 40.5 Å². The molecule has 0 spiro atoms. The SMILES string of the molecule is Oc1cc2ccccc2cc1/C=N\N=C/c1c2ccccc2cc2ccccc12. The first kappa shape index (κ1) is 17.1. The molecule has 3 heteroatoms. The summed E-state index contributed by atoms with van der Waals surface area (Å²) in [6.45, 7) is 0. The molecule has 0 amide bonds. The molecule has 0 saturated heterocycles. The quantitative estimate of drug-likeness (QED) is 0.225. The third-order valence-electron chi connectivity index (χ3n) is 5.16. The molecule has 3 nitrogen and oxygen atoms in total. The van der Waals surface area contributed by atoms with Crippen molar-refractivity contribution in [3.05, 3.63) is 102 Å². The number of phenolic OH excluding ortho intramolecular Hbond substituents is 1. The van der Waals surface area contributed by atoms with Gasteiger partial charge in [0.1, 0.15) is 5.75 Å². The minimum atomic E-state index is 0.193. The zero-order chi connectivity index (χ0) is 19.6. The zero-order valence-corrected chi connectivity index (χ0v) is 15.7. The van der Waals surface area contributed by atoms with Gasteiger partial charge in [0.15, 0.2) is 0 Å². The molecule has 0 aliphatic carbocycles. The molecule has 0 unspecified atom stereocenters. The number of aromatic hydroxyl groups is 1. The molecular weight excluding hydrogens is 356 g/mol. The van der Waals surface area contributed by atoms with E-state index in [0.717, 1.165) is 27.1 Å². The van der Waals surface area contributed by atoms with Gasteiger partial charge < -0.3 is 5.11 Å². The van der Waals surface area contributed by atoms with Gasteiger partial charge in [-0.15, -0.1) is 0 Å². The Morgan fingerprint density at radius 1 is 0.552 bits per heavy atom. The Balaban J connectivity index is 1.55. The Kier molecular flexibility index (Phi) is 4.26. The van der Waals surface area contributed by atoms with Crippen LogP contribution in [0.25, 0.3) is 32.3 Å². The van der Waals surface area contributed by atoms with Crippen molar-refractivity contribution < 1.29 is 5.11 Å². The molecule has 0 atom stereocenters. The Morgan fingerprint density at radius 3 is 1.72 bits per heavy atom. The number of fused-ring (bicyclic) bond motifs is 3. The van der Waals surface area contributed by atoms with Crippen molar-refractivity contribution in [2.45, 2.75) is 0 Å². The predicted molar refractivity (Wildman–Crippen MR) is 122 cm³/mol. The molecule has 0 aliphatic rings. The van der Waals surface area contributed by atoms with E-state index in [1.54, 1.807) is 18.5 Å². The Bertz CT molecular complexity index is 1360. The third kappa shape index (κ3) is 3.23. The number of phenols is 1. The Hall–Kier alpha value is -3.98. The summed E-state index contributed by atoms with van der Waals surface area (Å²) in [7, 11) is 0. The van der Waals surface area contributed by atoms with Crippen LogP contribution in [0.2, 0.25) is 0 Å². The molecule has 0 fully saturated rings. The largest absolute Gasteiger partial charge is 0.507 e. The van der Waals surface area contributed by atoms with Crippen molar-refractivity contribution in [1.82, 2.24) is 0 Å². The molecule has 138 valence electrons. The lowest BCUT2D eigenvalue weighted by molar-refractivity contribution is 0.475. The highest BCUT2D eigenvalue weighted by atomic mass is 16.3. The maximum atomic E-state index is 10.3. The summed E-state index contributed by atoms with van der Waals surface area (Å²) < 4.78 is 0. The summed E-state index contributed by atoms with van der Waals surface area (Å²) in [5.74, 6) is 0.193. The van der Waals surface area contributed by atoms with Crippen molar-refractivity contribution in [3.8, 4) is 5.75 Å². The number of hydrogen-bond donors (Lipinski definition) is 1. The highest BCUT2D eigenvalue weighted by Crippen LogP contribution is 2.27. The van der Waals surface area contributed by atoms with Gasteiger partial charge >= 0.3 is 0 Å². The van der Waals surface area contributed by atoms with Crippen molar-refractivity contribution in [2.75, 3.05) is 0 Å². The summed E-state index contributed by atoms with van der Waals surface area (Å²) in [6, 6.07) is 30.3. The van der Waals surface area contributed by atoms with Gasteiger partial charge in [-0.2, -0.15) is 10.2 Å². The van der Waals surface area contributed by atoms with E-state index >= 15 is 0 Å². The van der Waals surface area contributed by atoms with E-state index in [9.17, 15) is 5.11 Å². The molecular formula is C26H18N2O. The number of rotatable bonds is 3. The van der Waals surface area contributed by atoms with Gasteiger partial charge in [-0.3, -0.25) is 0 Å². The van der Waals surface area contributed by atoms with Crippen LogP contribution in [0.15, 0.2) is 101 Å². The molecule has 0 bridgehead atoms. The number of nitrogens with zero attached hydrogens (tertiary/aromatic N) is 2. The topological polar surface area (TPSA) is 45.0 Å². The fraction of sp³-hybridized carbons (Fsp3) is 0. The van der Waals surface area contributed by atoms with Crippen molar-refractivity contribution >= 4 is 44.7 Å². The first-order valence-corrected chi connectivity index (χ1v) is 9.48. The van der Waals surface area contributed by atoms with Crippen molar-refractivity contribution in [1.29, 1.82) is 0 Å². The smallest absolute Gasteiger partial charge is 0.125 e. The van der Waals surface area contributed by atoms with Crippen molar-refractivity contribution in [3.63, 3.8) is 0 Å². The highest BCUT2D eigenvalue weighted by Gasteiger charge is 2.05. The van der Waals surface area contributed by atoms with Gasteiger partial charge in [0, 0.05) is 11.1 Å². The summed E-state index contributed by atoms with van der Waals surface area (Å²) in [5.41, 5.74) is 1.68. The fourth-order valence-corrected chi connectivity index (χ4v) is 3.72. The number of benzene rings is 5. The summed E-state index contributed by atoms with van der Waals surface area (Å²) in [5, 5.41) is 25.4. The molecule has 1 N–H and O–H groups in total. The number of hydrogen-bond acceptors (Lipinski definition) is 3. The second-order valence-electron chi connectivity index (χ2n) is 6.98. The van der Waals surface area contributed by atoms with Gasteiger partial charge in [-0.25, -0.2) is 0 Å². The van der Waals surface area contributed by atoms with Gasteiger partial charge in [-0.05, 0) is 50.5 Å².